The molecule has 19 heavy (non-hydrogen) atoms. The van der Waals surface area contributed by atoms with Crippen LogP contribution in [0.3, 0.4) is 0 Å². The summed E-state index contributed by atoms with van der Waals surface area (Å²) in [5.41, 5.74) is 0. The van der Waals surface area contributed by atoms with Gasteiger partial charge in [0.05, 0.1) is 0 Å². The lowest BCUT2D eigenvalue weighted by Crippen LogP contribution is -2.31. The Bertz CT molecular complexity index is 394. The number of nitrogens with zero attached hydrogens (tertiary/aromatic N) is 1. The molecule has 1 atom stereocenters. The third-order valence-corrected chi connectivity index (χ3v) is 4.03. The molecule has 0 radical (unpaired) electrons. The van der Waals surface area contributed by atoms with E-state index < -0.39 is 21.8 Å². The molecule has 1 amide bonds. The minimum atomic E-state index is -4.65. The highest BCUT2D eigenvalue weighted by Crippen LogP contribution is 2.20. The molecule has 6 nitrogen and oxygen atoms in total. The van der Waals surface area contributed by atoms with Gasteiger partial charge in [-0.1, -0.05) is 0 Å². The fourth-order valence-electron chi connectivity index (χ4n) is 1.99. The third kappa shape index (κ3) is 5.04. The van der Waals surface area contributed by atoms with Gasteiger partial charge in [-0.05, 0) is 13.8 Å². The Morgan fingerprint density at radius 1 is 1.37 bits per heavy atom. The number of carbonyl (C=O) groups excluding carboxylic acids is 1. The first-order valence-electron chi connectivity index (χ1n) is 6.32. The van der Waals surface area contributed by atoms with Crippen LogP contribution in [0.1, 0.15) is 26.7 Å². The average Bonchev–Trinajstić information content (AvgIpc) is 2.68. The normalized spacial score (nSPS) is 20.5. The summed E-state index contributed by atoms with van der Waals surface area (Å²) in [5, 5.41) is -1.24. The number of rotatable bonds is 8. The van der Waals surface area contributed by atoms with Crippen LogP contribution in [0.5, 0.6) is 0 Å². The number of halogens is 1. The predicted molar refractivity (Wildman–Crippen MR) is 66.7 cm³/mol. The molecule has 1 saturated heterocycles. The van der Waals surface area contributed by atoms with Gasteiger partial charge in [-0.2, -0.15) is 8.42 Å². The summed E-state index contributed by atoms with van der Waals surface area (Å²) in [5.74, 6) is -0.349. The van der Waals surface area contributed by atoms with Crippen molar-refractivity contribution in [3.8, 4) is 0 Å². The first-order valence-corrected chi connectivity index (χ1v) is 7.77. The van der Waals surface area contributed by atoms with Crippen LogP contribution in [0, 0.1) is 0 Å². The van der Waals surface area contributed by atoms with Crippen LogP contribution in [0.2, 0.25) is 0 Å². The Kier molecular flexibility index (Phi) is 6.15. The molecule has 0 aliphatic carbocycles. The summed E-state index contributed by atoms with van der Waals surface area (Å²) in [4.78, 5) is 12.9. The second-order valence-corrected chi connectivity index (χ2v) is 5.89. The van der Waals surface area contributed by atoms with Crippen LogP contribution in [0.25, 0.3) is 0 Å². The molecule has 0 aromatic rings. The molecule has 0 saturated carbocycles. The van der Waals surface area contributed by atoms with Gasteiger partial charge in [0.15, 0.2) is 6.29 Å². The highest BCUT2D eigenvalue weighted by atomic mass is 32.3. The van der Waals surface area contributed by atoms with E-state index in [2.05, 4.69) is 0 Å². The number of carbonyl (C=O) groups is 1. The summed E-state index contributed by atoms with van der Waals surface area (Å²) in [6.45, 7) is 4.84. The number of likely N-dealkylation sites (tertiary alicyclic amines) is 1. The zero-order chi connectivity index (χ0) is 14.5. The minimum absolute atomic E-state index is 0.0946. The molecule has 1 unspecified atom stereocenters. The molecule has 0 aromatic carbocycles. The predicted octanol–water partition coefficient (Wildman–Crippen LogP) is 0.676. The van der Waals surface area contributed by atoms with Crippen LogP contribution >= 0.6 is 0 Å². The topological polar surface area (TPSA) is 72.9 Å². The van der Waals surface area contributed by atoms with Gasteiger partial charge in [0.2, 0.25) is 5.91 Å². The van der Waals surface area contributed by atoms with Crippen LogP contribution < -0.4 is 0 Å². The summed E-state index contributed by atoms with van der Waals surface area (Å²) in [6.07, 6.45) is -0.275. The second-order valence-electron chi connectivity index (χ2n) is 4.27. The van der Waals surface area contributed by atoms with Gasteiger partial charge in [0.1, 0.15) is 5.25 Å². The van der Waals surface area contributed by atoms with Crippen molar-refractivity contribution in [2.45, 2.75) is 38.2 Å². The number of hydrogen-bond donors (Lipinski definition) is 0. The highest BCUT2D eigenvalue weighted by molar-refractivity contribution is 7.87. The summed E-state index contributed by atoms with van der Waals surface area (Å²) >= 11 is 0. The van der Waals surface area contributed by atoms with Crippen molar-refractivity contribution >= 4 is 16.1 Å². The van der Waals surface area contributed by atoms with Crippen LogP contribution in [0.15, 0.2) is 0 Å². The van der Waals surface area contributed by atoms with Gasteiger partial charge < -0.3 is 14.4 Å². The second kappa shape index (κ2) is 7.16. The van der Waals surface area contributed by atoms with Crippen molar-refractivity contribution in [2.24, 2.45) is 0 Å². The molecule has 1 heterocycles. The molecule has 1 aliphatic rings. The SMILES string of the molecule is CCOC(CCN1CC(S(=O)(=O)F)CC1=O)OCC. The molecule has 1 rings (SSSR count). The number of hydrogen-bond acceptors (Lipinski definition) is 5. The Morgan fingerprint density at radius 2 is 1.95 bits per heavy atom. The van der Waals surface area contributed by atoms with E-state index in [1.807, 2.05) is 13.8 Å². The Hall–Kier alpha value is -0.730. The van der Waals surface area contributed by atoms with Crippen molar-refractivity contribution < 1.29 is 26.6 Å². The Labute approximate surface area is 113 Å². The molecular formula is C11H20FNO5S. The average molecular weight is 297 g/mol. The van der Waals surface area contributed by atoms with Crippen molar-refractivity contribution in [1.29, 1.82) is 0 Å². The standard InChI is InChI=1S/C11H20FNO5S/c1-3-17-11(18-4-2)5-6-13-8-9(7-10(13)14)19(12,15)16/h9,11H,3-8H2,1-2H3. The first kappa shape index (κ1) is 16.3. The van der Waals surface area contributed by atoms with Crippen LogP contribution in [-0.2, 0) is 24.5 Å². The zero-order valence-electron chi connectivity index (χ0n) is 11.2. The van der Waals surface area contributed by atoms with Gasteiger partial charge in [0.25, 0.3) is 0 Å². The van der Waals surface area contributed by atoms with Crippen molar-refractivity contribution in [3.05, 3.63) is 0 Å². The zero-order valence-corrected chi connectivity index (χ0v) is 12.0. The Balaban J connectivity index is 2.47. The van der Waals surface area contributed by atoms with Gasteiger partial charge in [-0.15, -0.1) is 3.89 Å². The van der Waals surface area contributed by atoms with E-state index in [4.69, 9.17) is 9.47 Å². The van der Waals surface area contributed by atoms with Gasteiger partial charge in [-0.3, -0.25) is 4.79 Å². The lowest BCUT2D eigenvalue weighted by Gasteiger charge is -2.21. The number of amides is 1. The highest BCUT2D eigenvalue weighted by Gasteiger charge is 2.38. The van der Waals surface area contributed by atoms with E-state index in [9.17, 15) is 17.1 Å². The maximum absolute atomic E-state index is 12.8. The minimum Gasteiger partial charge on any atom is -0.353 e. The molecule has 0 bridgehead atoms. The van der Waals surface area contributed by atoms with Crippen molar-refractivity contribution in [1.82, 2.24) is 4.90 Å². The molecule has 1 fully saturated rings. The molecule has 1 aliphatic heterocycles. The van der Waals surface area contributed by atoms with Crippen LogP contribution in [-0.4, -0.2) is 57.1 Å². The fraction of sp³-hybridized carbons (Fsp3) is 0.909. The largest absolute Gasteiger partial charge is 0.353 e. The molecule has 0 aromatic heterocycles. The first-order chi connectivity index (χ1) is 8.88. The third-order valence-electron chi connectivity index (χ3n) is 2.92. The number of ether oxygens (including phenoxy) is 2. The quantitative estimate of drug-likeness (QED) is 0.486. The summed E-state index contributed by atoms with van der Waals surface area (Å²) in [6, 6.07) is 0. The maximum atomic E-state index is 12.8. The fourth-order valence-corrected chi connectivity index (χ4v) is 2.69. The van der Waals surface area contributed by atoms with Crippen molar-refractivity contribution in [3.63, 3.8) is 0 Å². The van der Waals surface area contributed by atoms with Crippen molar-refractivity contribution in [2.75, 3.05) is 26.3 Å². The van der Waals surface area contributed by atoms with E-state index in [1.54, 1.807) is 0 Å². The van der Waals surface area contributed by atoms with E-state index in [0.29, 0.717) is 26.2 Å². The van der Waals surface area contributed by atoms with Gasteiger partial charge >= 0.3 is 10.2 Å². The molecule has 112 valence electrons. The lowest BCUT2D eigenvalue weighted by molar-refractivity contribution is -0.144. The Morgan fingerprint density at radius 3 is 2.37 bits per heavy atom. The molecular weight excluding hydrogens is 277 g/mol. The monoisotopic (exact) mass is 297 g/mol. The van der Waals surface area contributed by atoms with Gasteiger partial charge in [0, 0.05) is 39.1 Å². The van der Waals surface area contributed by atoms with E-state index in [0.717, 1.165) is 0 Å². The van der Waals surface area contributed by atoms with E-state index in [-0.39, 0.29) is 18.9 Å². The molecule has 0 spiro atoms. The van der Waals surface area contributed by atoms with Gasteiger partial charge in [-0.25, -0.2) is 0 Å². The smallest absolute Gasteiger partial charge is 0.307 e. The molecule has 0 N–H and O–H groups in total. The van der Waals surface area contributed by atoms with Crippen LogP contribution in [0.4, 0.5) is 3.89 Å². The maximum Gasteiger partial charge on any atom is 0.307 e. The van der Waals surface area contributed by atoms with E-state index in [1.165, 1.54) is 4.90 Å². The van der Waals surface area contributed by atoms with E-state index >= 15 is 0 Å². The summed E-state index contributed by atoms with van der Waals surface area (Å²) < 4.78 is 45.0. The molecule has 8 heteroatoms. The summed E-state index contributed by atoms with van der Waals surface area (Å²) in [7, 11) is -4.65. The lowest BCUT2D eigenvalue weighted by atomic mass is 10.3.